The Labute approximate surface area is 139 Å². The lowest BCUT2D eigenvalue weighted by Crippen LogP contribution is -2.12. The van der Waals surface area contributed by atoms with Crippen molar-refractivity contribution in [2.45, 2.75) is 6.54 Å². The second kappa shape index (κ2) is 7.14. The molecule has 0 radical (unpaired) electrons. The molecule has 0 aliphatic carbocycles. The van der Waals surface area contributed by atoms with E-state index < -0.39 is 0 Å². The number of anilines is 2. The average molecular weight is 330 g/mol. The molecule has 126 valence electrons. The molecular formula is C16H18N4O4. The number of methoxy groups -OCH3 is 2. The van der Waals surface area contributed by atoms with Gasteiger partial charge in [0.1, 0.15) is 18.7 Å². The zero-order valence-corrected chi connectivity index (χ0v) is 13.5. The van der Waals surface area contributed by atoms with Crippen LogP contribution in [0.1, 0.15) is 15.9 Å². The van der Waals surface area contributed by atoms with E-state index in [0.717, 1.165) is 5.56 Å². The first-order valence-electron chi connectivity index (χ1n) is 7.41. The number of ether oxygens (including phenoxy) is 3. The molecule has 8 heteroatoms. The molecule has 2 aromatic rings. The number of nitrogens with one attached hydrogen (secondary N) is 2. The van der Waals surface area contributed by atoms with Gasteiger partial charge in [0.2, 0.25) is 0 Å². The molecule has 24 heavy (non-hydrogen) atoms. The zero-order chi connectivity index (χ0) is 16.9. The summed E-state index contributed by atoms with van der Waals surface area (Å²) >= 11 is 0. The Balaban J connectivity index is 1.88. The lowest BCUT2D eigenvalue weighted by Gasteiger charge is -2.15. The first-order valence-corrected chi connectivity index (χ1v) is 7.41. The van der Waals surface area contributed by atoms with Gasteiger partial charge < -0.3 is 24.8 Å². The molecule has 0 atom stereocenters. The van der Waals surface area contributed by atoms with Gasteiger partial charge in [-0.05, 0) is 12.1 Å². The Morgan fingerprint density at radius 3 is 2.96 bits per heavy atom. The van der Waals surface area contributed by atoms with Crippen molar-refractivity contribution >= 4 is 17.4 Å². The van der Waals surface area contributed by atoms with Crippen molar-refractivity contribution in [2.24, 2.45) is 0 Å². The van der Waals surface area contributed by atoms with Crippen LogP contribution in [0.4, 0.5) is 11.5 Å². The summed E-state index contributed by atoms with van der Waals surface area (Å²) in [7, 11) is 3.17. The van der Waals surface area contributed by atoms with Gasteiger partial charge in [-0.2, -0.15) is 0 Å². The maximum Gasteiger partial charge on any atom is 0.252 e. The summed E-state index contributed by atoms with van der Waals surface area (Å²) in [5.74, 6) is 1.52. The van der Waals surface area contributed by atoms with Gasteiger partial charge in [-0.15, -0.1) is 0 Å². The maximum atomic E-state index is 11.8. The van der Waals surface area contributed by atoms with E-state index in [9.17, 15) is 4.79 Å². The summed E-state index contributed by atoms with van der Waals surface area (Å²) in [5.41, 5.74) is 2.14. The molecule has 2 heterocycles. The highest BCUT2D eigenvalue weighted by molar-refractivity contribution is 6.00. The molecule has 8 nitrogen and oxygen atoms in total. The minimum Gasteiger partial charge on any atom is -0.494 e. The van der Waals surface area contributed by atoms with Crippen molar-refractivity contribution in [3.8, 4) is 11.5 Å². The predicted molar refractivity (Wildman–Crippen MR) is 86.8 cm³/mol. The third-order valence-corrected chi connectivity index (χ3v) is 3.61. The molecule has 1 aliphatic rings. The van der Waals surface area contributed by atoms with Crippen LogP contribution in [0.2, 0.25) is 0 Å². The number of carbonyl (C=O) groups is 1. The van der Waals surface area contributed by atoms with E-state index >= 15 is 0 Å². The molecule has 0 saturated carbocycles. The van der Waals surface area contributed by atoms with Crippen LogP contribution < -0.4 is 20.1 Å². The molecule has 1 aromatic heterocycles. The van der Waals surface area contributed by atoms with Crippen LogP contribution in [-0.2, 0) is 11.3 Å². The molecule has 0 spiro atoms. The Morgan fingerprint density at radius 2 is 2.17 bits per heavy atom. The van der Waals surface area contributed by atoms with Crippen LogP contribution >= 0.6 is 0 Å². The Hall–Kier alpha value is -2.87. The number of hydrogen-bond donors (Lipinski definition) is 2. The Bertz CT molecular complexity index is 751. The van der Waals surface area contributed by atoms with Crippen LogP contribution in [0.15, 0.2) is 24.7 Å². The summed E-state index contributed by atoms with van der Waals surface area (Å²) in [6, 6.07) is 3.54. The first-order chi connectivity index (χ1) is 11.7. The summed E-state index contributed by atoms with van der Waals surface area (Å²) in [5, 5.41) is 5.97. The number of nitrogens with zero attached hydrogens (tertiary/aromatic N) is 2. The van der Waals surface area contributed by atoms with Crippen LogP contribution in [0, 0.1) is 0 Å². The fraction of sp³-hybridized carbons (Fsp3) is 0.312. The standard InChI is InChI=1S/C16H18N4O4/c1-22-5-6-24-13-8-17-9-19-15(13)20-12-4-3-10-11(14(12)23-2)7-18-16(10)21/h3-4,8-9H,5-7H2,1-2H3,(H,18,21)(H,17,19,20). The third-order valence-electron chi connectivity index (χ3n) is 3.61. The number of carbonyl (C=O) groups excluding carboxylic acids is 1. The van der Waals surface area contributed by atoms with E-state index in [0.29, 0.717) is 48.3 Å². The van der Waals surface area contributed by atoms with Gasteiger partial charge in [-0.1, -0.05) is 0 Å². The topological polar surface area (TPSA) is 94.6 Å². The van der Waals surface area contributed by atoms with Crippen molar-refractivity contribution in [3.05, 3.63) is 35.8 Å². The van der Waals surface area contributed by atoms with E-state index in [1.807, 2.05) is 0 Å². The lowest BCUT2D eigenvalue weighted by molar-refractivity contribution is 0.0966. The number of benzene rings is 1. The molecule has 1 aromatic carbocycles. The number of amides is 1. The summed E-state index contributed by atoms with van der Waals surface area (Å²) < 4.78 is 16.1. The van der Waals surface area contributed by atoms with Gasteiger partial charge in [-0.25, -0.2) is 9.97 Å². The summed E-state index contributed by atoms with van der Waals surface area (Å²) in [6.45, 7) is 1.29. The predicted octanol–water partition coefficient (Wildman–Crippen LogP) is 1.50. The lowest BCUT2D eigenvalue weighted by atomic mass is 10.1. The SMILES string of the molecule is COCCOc1cncnc1Nc1ccc2c(c1OC)CNC2=O. The molecule has 1 amide bonds. The molecule has 3 rings (SSSR count). The van der Waals surface area contributed by atoms with Crippen molar-refractivity contribution in [3.63, 3.8) is 0 Å². The van der Waals surface area contributed by atoms with E-state index in [1.165, 1.54) is 6.33 Å². The van der Waals surface area contributed by atoms with Gasteiger partial charge >= 0.3 is 0 Å². The normalized spacial score (nSPS) is 12.5. The highest BCUT2D eigenvalue weighted by Gasteiger charge is 2.25. The average Bonchev–Trinajstić information content (AvgIpc) is 2.98. The van der Waals surface area contributed by atoms with Crippen molar-refractivity contribution in [2.75, 3.05) is 32.8 Å². The number of hydrogen-bond acceptors (Lipinski definition) is 7. The molecule has 0 fully saturated rings. The molecule has 0 bridgehead atoms. The smallest absolute Gasteiger partial charge is 0.252 e. The van der Waals surface area contributed by atoms with Gasteiger partial charge in [0.25, 0.3) is 5.91 Å². The van der Waals surface area contributed by atoms with Crippen molar-refractivity contribution in [1.82, 2.24) is 15.3 Å². The monoisotopic (exact) mass is 330 g/mol. The first kappa shape index (κ1) is 16.0. The second-order valence-electron chi connectivity index (χ2n) is 5.06. The minimum atomic E-state index is -0.0968. The third kappa shape index (κ3) is 3.09. The van der Waals surface area contributed by atoms with Gasteiger partial charge in [-0.3, -0.25) is 4.79 Å². The summed E-state index contributed by atoms with van der Waals surface area (Å²) in [6.07, 6.45) is 3.01. The highest BCUT2D eigenvalue weighted by Crippen LogP contribution is 2.36. The van der Waals surface area contributed by atoms with Gasteiger partial charge in [0.05, 0.1) is 25.6 Å². The fourth-order valence-corrected chi connectivity index (χ4v) is 2.49. The van der Waals surface area contributed by atoms with E-state index in [-0.39, 0.29) is 5.91 Å². The summed E-state index contributed by atoms with van der Waals surface area (Å²) in [4.78, 5) is 19.9. The van der Waals surface area contributed by atoms with Crippen molar-refractivity contribution in [1.29, 1.82) is 0 Å². The van der Waals surface area contributed by atoms with E-state index in [2.05, 4.69) is 20.6 Å². The number of fused-ring (bicyclic) bond motifs is 1. The molecule has 2 N–H and O–H groups in total. The maximum absolute atomic E-state index is 11.8. The van der Waals surface area contributed by atoms with Crippen LogP contribution in [-0.4, -0.2) is 43.3 Å². The van der Waals surface area contributed by atoms with E-state index in [1.54, 1.807) is 32.5 Å². The molecular weight excluding hydrogens is 312 g/mol. The van der Waals surface area contributed by atoms with Crippen molar-refractivity contribution < 1.29 is 19.0 Å². The number of aromatic nitrogens is 2. The van der Waals surface area contributed by atoms with E-state index in [4.69, 9.17) is 14.2 Å². The highest BCUT2D eigenvalue weighted by atomic mass is 16.5. The molecule has 0 unspecified atom stereocenters. The van der Waals surface area contributed by atoms with Crippen LogP contribution in [0.3, 0.4) is 0 Å². The molecule has 1 aliphatic heterocycles. The van der Waals surface area contributed by atoms with Gasteiger partial charge in [0.15, 0.2) is 11.6 Å². The van der Waals surface area contributed by atoms with Crippen LogP contribution in [0.25, 0.3) is 0 Å². The van der Waals surface area contributed by atoms with Gasteiger partial charge in [0, 0.05) is 24.8 Å². The Kier molecular flexibility index (Phi) is 4.76. The largest absolute Gasteiger partial charge is 0.494 e. The minimum absolute atomic E-state index is 0.0968. The Morgan fingerprint density at radius 1 is 1.29 bits per heavy atom. The molecule has 0 saturated heterocycles. The zero-order valence-electron chi connectivity index (χ0n) is 13.5. The quantitative estimate of drug-likeness (QED) is 0.743. The number of rotatable bonds is 7. The fourth-order valence-electron chi connectivity index (χ4n) is 2.49. The van der Waals surface area contributed by atoms with Crippen LogP contribution in [0.5, 0.6) is 11.5 Å². The second-order valence-corrected chi connectivity index (χ2v) is 5.06.